The number of carbonyl (C=O) groups excluding carboxylic acids is 1. The van der Waals surface area contributed by atoms with Gasteiger partial charge >= 0.3 is 0 Å². The first-order valence-electron chi connectivity index (χ1n) is 15.5. The lowest BCUT2D eigenvalue weighted by Crippen LogP contribution is -2.11. The fourth-order valence-electron chi connectivity index (χ4n) is 2.82. The first-order valence-corrected chi connectivity index (χ1v) is 9.54. The highest BCUT2D eigenvalue weighted by Gasteiger charge is 2.16. The monoisotopic (exact) mass is 458 g/mol. The highest BCUT2D eigenvalue weighted by molar-refractivity contribution is 5.98. The summed E-state index contributed by atoms with van der Waals surface area (Å²) in [6.07, 6.45) is -1.74. The lowest BCUT2D eigenvalue weighted by molar-refractivity contribution is -0.114. The van der Waals surface area contributed by atoms with E-state index in [0.29, 0.717) is 0 Å². The number of hydrogen-bond acceptors (Lipinski definition) is 6. The van der Waals surface area contributed by atoms with Gasteiger partial charge in [-0.05, 0) is 63.7 Å². The molecule has 1 aromatic heterocycles. The average Bonchev–Trinajstić information content (AvgIpc) is 2.93. The number of ether oxygens (including phenoxy) is 1. The third-order valence-electron chi connectivity index (χ3n) is 4.31. The fraction of sp³-hybridized carbons (Fsp3) is 0.269. The molecule has 0 radical (unpaired) electrons. The molecule has 1 N–H and O–H groups in total. The molecule has 0 amide bonds. The van der Waals surface area contributed by atoms with Crippen molar-refractivity contribution in [2.75, 3.05) is 32.5 Å². The van der Waals surface area contributed by atoms with Crippen molar-refractivity contribution in [1.29, 1.82) is 5.26 Å². The molecule has 0 fully saturated rings. The molecular weight excluding hydrogens is 419 g/mol. The number of halogens is 1. The third-order valence-corrected chi connectivity index (χ3v) is 4.31. The van der Waals surface area contributed by atoms with E-state index in [1.54, 1.807) is 6.07 Å². The largest absolute Gasteiger partial charge is 0.494 e. The fourth-order valence-corrected chi connectivity index (χ4v) is 2.82. The van der Waals surface area contributed by atoms with Gasteiger partial charge in [0.05, 0.1) is 32.9 Å². The van der Waals surface area contributed by atoms with E-state index < -0.39 is 90.7 Å². The van der Waals surface area contributed by atoms with E-state index in [2.05, 4.69) is 10.3 Å². The topological polar surface area (TPSA) is 78.2 Å². The zero-order valence-electron chi connectivity index (χ0n) is 30.0. The van der Waals surface area contributed by atoms with E-state index >= 15 is 0 Å². The lowest BCUT2D eigenvalue weighted by Gasteiger charge is -2.15. The number of ketones is 1. The Morgan fingerprint density at radius 1 is 1.48 bits per heavy atom. The molecule has 0 aliphatic carbocycles. The molecule has 0 aliphatic heterocycles. The molecule has 0 atom stereocenters. The van der Waals surface area contributed by atoms with Crippen molar-refractivity contribution in [2.24, 2.45) is 0 Å². The summed E-state index contributed by atoms with van der Waals surface area (Å²) in [6, 6.07) is 1.78. The van der Waals surface area contributed by atoms with Crippen molar-refractivity contribution in [3.63, 3.8) is 0 Å². The average molecular weight is 459 g/mol. The zero-order valence-corrected chi connectivity index (χ0v) is 18.0. The number of allylic oxidation sites excluding steroid dienone is 1. The minimum absolute atomic E-state index is 0.195. The summed E-state index contributed by atoms with van der Waals surface area (Å²) in [7, 11) is 2.54. The van der Waals surface area contributed by atoms with Crippen molar-refractivity contribution >= 4 is 28.1 Å². The van der Waals surface area contributed by atoms with Crippen LogP contribution in [0.15, 0.2) is 48.6 Å². The Bertz CT molecular complexity index is 1770. The summed E-state index contributed by atoms with van der Waals surface area (Å²) in [5.74, 6) is -2.74. The summed E-state index contributed by atoms with van der Waals surface area (Å²) < 4.78 is 116. The lowest BCUT2D eigenvalue weighted by atomic mass is 10.0. The van der Waals surface area contributed by atoms with Gasteiger partial charge in [0, 0.05) is 48.6 Å². The van der Waals surface area contributed by atoms with Gasteiger partial charge in [0.1, 0.15) is 17.6 Å². The number of carbonyl (C=O) groups is 1. The van der Waals surface area contributed by atoms with Crippen LogP contribution < -0.4 is 10.1 Å². The molecule has 3 aromatic rings. The van der Waals surface area contributed by atoms with Crippen molar-refractivity contribution in [1.82, 2.24) is 9.88 Å². The highest BCUT2D eigenvalue weighted by atomic mass is 19.1. The molecule has 0 saturated heterocycles. The van der Waals surface area contributed by atoms with Crippen LogP contribution in [0.3, 0.4) is 0 Å². The second-order valence-corrected chi connectivity index (χ2v) is 7.02. The van der Waals surface area contributed by atoms with Gasteiger partial charge in [0.15, 0.2) is 5.78 Å². The van der Waals surface area contributed by atoms with Gasteiger partial charge in [-0.2, -0.15) is 5.26 Å². The number of rotatable bonds is 9. The number of anilines is 2. The number of pyridine rings is 1. The van der Waals surface area contributed by atoms with Gasteiger partial charge in [0.25, 0.3) is 0 Å². The van der Waals surface area contributed by atoms with Crippen LogP contribution in [0.5, 0.6) is 5.75 Å². The number of likely N-dealkylation sites (N-methyl/N-ethyl adjacent to an activating group) is 1. The number of hydrogen-bond donors (Lipinski definition) is 1. The quantitative estimate of drug-likeness (QED) is 0.458. The van der Waals surface area contributed by atoms with Gasteiger partial charge < -0.3 is 15.0 Å². The van der Waals surface area contributed by atoms with Crippen LogP contribution in [0.25, 0.3) is 10.9 Å². The molecule has 0 spiro atoms. The summed E-state index contributed by atoms with van der Waals surface area (Å²) in [6.45, 7) is -8.02. The Labute approximate surface area is 210 Å². The Morgan fingerprint density at radius 2 is 2.30 bits per heavy atom. The number of nitrogens with zero attached hydrogens (tertiary/aromatic N) is 3. The SMILES string of the molecule is [2H]/C(C(=O)Cc1c(OC([2H])([2H])C([2H])([2H])[2H])c([2H])c2nc([2H])c(C#N)c(Nc3ccc(F)c(C)c3)c2c1[2H])=C(/[2H])C([2H])([2H])N(C)C. The van der Waals surface area contributed by atoms with E-state index in [1.807, 2.05) is 0 Å². The summed E-state index contributed by atoms with van der Waals surface area (Å²) in [4.78, 5) is 18.1. The molecule has 3 rings (SSSR count). The van der Waals surface area contributed by atoms with Gasteiger partial charge in [-0.15, -0.1) is 0 Å². The molecule has 170 valence electrons. The van der Waals surface area contributed by atoms with E-state index in [4.69, 9.17) is 21.2 Å². The van der Waals surface area contributed by atoms with Crippen molar-refractivity contribution in [3.05, 3.63) is 71.1 Å². The van der Waals surface area contributed by atoms with Gasteiger partial charge in [-0.3, -0.25) is 9.78 Å². The second-order valence-electron chi connectivity index (χ2n) is 7.02. The van der Waals surface area contributed by atoms with Crippen LogP contribution in [-0.2, 0) is 11.2 Å². The molecule has 1 heterocycles. The standard InChI is InChI=1S/C26H27FN4O2/c1-5-33-25-14-24-22(13-18(25)12-21(32)7-6-10-31(3)4)26(19(15-28)16-29-24)30-20-8-9-23(27)17(2)11-20/h6-9,11,13-14,16H,5,10,12H2,1-4H3,(H,29,30)/b7-6+/i1D3,5D2,6D,7D,10D2,13D,14D,16D. The van der Waals surface area contributed by atoms with Crippen LogP contribution in [-0.4, -0.2) is 42.8 Å². The number of fused-ring (bicyclic) bond motifs is 1. The molecule has 0 saturated carbocycles. The van der Waals surface area contributed by atoms with Crippen LogP contribution in [0.4, 0.5) is 15.8 Å². The Morgan fingerprint density at radius 3 is 3.00 bits per heavy atom. The van der Waals surface area contributed by atoms with E-state index in [9.17, 15) is 14.4 Å². The molecule has 6 nitrogen and oxygen atoms in total. The molecule has 0 unspecified atom stereocenters. The number of benzene rings is 2. The molecule has 0 aliphatic rings. The predicted octanol–water partition coefficient (Wildman–Crippen LogP) is 4.93. The second kappa shape index (κ2) is 10.7. The maximum atomic E-state index is 13.9. The first-order chi connectivity index (χ1) is 20.6. The van der Waals surface area contributed by atoms with E-state index in [-0.39, 0.29) is 22.3 Å². The summed E-state index contributed by atoms with van der Waals surface area (Å²) in [5, 5.41) is 12.3. The Balaban J connectivity index is 2.44. The van der Waals surface area contributed by atoms with Crippen molar-refractivity contribution in [2.45, 2.75) is 20.2 Å². The third kappa shape index (κ3) is 5.93. The smallest absolute Gasteiger partial charge is 0.159 e. The molecular formula is C26H27FN4O2. The van der Waals surface area contributed by atoms with Crippen LogP contribution in [0.1, 0.15) is 40.0 Å². The Hall–Kier alpha value is -3.76. The first kappa shape index (κ1) is 12.5. The molecule has 33 heavy (non-hydrogen) atoms. The molecule has 0 bridgehead atoms. The number of aryl methyl sites for hydroxylation is 1. The summed E-state index contributed by atoms with van der Waals surface area (Å²) >= 11 is 0. The van der Waals surface area contributed by atoms with Gasteiger partial charge in [-0.1, -0.05) is 6.05 Å². The molecule has 7 heteroatoms. The maximum Gasteiger partial charge on any atom is 0.159 e. The van der Waals surface area contributed by atoms with Crippen LogP contribution in [0, 0.1) is 24.1 Å². The minimum Gasteiger partial charge on any atom is -0.494 e. The van der Waals surface area contributed by atoms with Crippen molar-refractivity contribution in [3.8, 4) is 11.8 Å². The maximum absolute atomic E-state index is 13.9. The van der Waals surface area contributed by atoms with E-state index in [0.717, 1.165) is 11.0 Å². The normalized spacial score (nSPS) is 18.3. The Kier molecular flexibility index (Phi) is 4.05. The highest BCUT2D eigenvalue weighted by Crippen LogP contribution is 2.34. The predicted molar refractivity (Wildman–Crippen MR) is 128 cm³/mol. The molecule has 2 aromatic carbocycles. The summed E-state index contributed by atoms with van der Waals surface area (Å²) in [5.41, 5.74) is -1.43. The minimum atomic E-state index is -3.48. The van der Waals surface area contributed by atoms with Crippen molar-refractivity contribution < 1.29 is 30.4 Å². The van der Waals surface area contributed by atoms with Gasteiger partial charge in [0.2, 0.25) is 0 Å². The van der Waals surface area contributed by atoms with E-state index in [1.165, 1.54) is 33.2 Å². The number of nitriles is 1. The van der Waals surface area contributed by atoms with Gasteiger partial charge in [-0.25, -0.2) is 4.39 Å². The van der Waals surface area contributed by atoms with Crippen LogP contribution >= 0.6 is 0 Å². The number of aromatic nitrogens is 1. The number of nitrogens with one attached hydrogen (secondary N) is 1. The zero-order chi connectivity index (χ0) is 34.4. The van der Waals surface area contributed by atoms with Crippen LogP contribution in [0.2, 0.25) is 0 Å².